The molecule has 0 spiro atoms. The molecule has 0 aliphatic carbocycles. The second-order valence-corrected chi connectivity index (χ2v) is 9.76. The number of pyridine rings is 1. The highest BCUT2D eigenvalue weighted by atomic mass is 35.5. The van der Waals surface area contributed by atoms with Crippen LogP contribution >= 0.6 is 23.2 Å². The summed E-state index contributed by atoms with van der Waals surface area (Å²) in [5.41, 5.74) is 2.45. The Kier molecular flexibility index (Phi) is 7.21. The molecule has 0 aliphatic rings. The van der Waals surface area contributed by atoms with Crippen molar-refractivity contribution in [3.63, 3.8) is 0 Å². The van der Waals surface area contributed by atoms with Crippen molar-refractivity contribution < 1.29 is 17.9 Å². The monoisotopic (exact) mass is 529 g/mol. The minimum atomic E-state index is -3.44. The van der Waals surface area contributed by atoms with Crippen molar-refractivity contribution in [2.75, 3.05) is 23.5 Å². The lowest BCUT2D eigenvalue weighted by atomic mass is 10.1. The maximum absolute atomic E-state index is 11.4. The van der Waals surface area contributed by atoms with Gasteiger partial charge >= 0.3 is 0 Å². The van der Waals surface area contributed by atoms with Crippen molar-refractivity contribution >= 4 is 50.2 Å². The van der Waals surface area contributed by atoms with Gasteiger partial charge in [-0.15, -0.1) is 11.6 Å². The summed E-state index contributed by atoms with van der Waals surface area (Å²) in [6.45, 7) is 0.226. The molecule has 12 heteroatoms. The number of aromatic nitrogens is 3. The van der Waals surface area contributed by atoms with Gasteiger partial charge in [0.25, 0.3) is 0 Å². The molecular weight excluding hydrogens is 513 g/mol. The summed E-state index contributed by atoms with van der Waals surface area (Å²) in [5.74, 6) is 1.61. The Hall–Kier alpha value is -3.65. The number of sulfonamides is 1. The van der Waals surface area contributed by atoms with Crippen molar-refractivity contribution in [2.45, 2.75) is 0 Å². The maximum atomic E-state index is 11.4. The van der Waals surface area contributed by atoms with Crippen molar-refractivity contribution in [2.24, 2.45) is 0 Å². The molecule has 0 bridgehead atoms. The van der Waals surface area contributed by atoms with Gasteiger partial charge < -0.3 is 9.47 Å². The average molecular weight is 530 g/mol. The van der Waals surface area contributed by atoms with Gasteiger partial charge in [0.1, 0.15) is 35.5 Å². The SMILES string of the molecule is CS(=O)(=O)Nc1ccc2nc(-c3ccc(Oc4cc(Cl)c(OCCCl)c(C#N)c4)cc3)cnc2n1. The van der Waals surface area contributed by atoms with E-state index >= 15 is 0 Å². The molecule has 2 aromatic heterocycles. The quantitative estimate of drug-likeness (QED) is 0.316. The van der Waals surface area contributed by atoms with Crippen LogP contribution in [0.5, 0.6) is 17.2 Å². The number of halogens is 2. The van der Waals surface area contributed by atoms with E-state index in [1.54, 1.807) is 30.5 Å². The van der Waals surface area contributed by atoms with E-state index in [0.29, 0.717) is 28.4 Å². The third-order valence-electron chi connectivity index (χ3n) is 4.54. The van der Waals surface area contributed by atoms with Gasteiger partial charge in [0.2, 0.25) is 10.0 Å². The molecule has 4 aromatic rings. The molecule has 0 atom stereocenters. The molecule has 0 saturated carbocycles. The number of nitrogens with one attached hydrogen (secondary N) is 1. The Labute approximate surface area is 211 Å². The molecule has 0 amide bonds. The minimum absolute atomic E-state index is 0.168. The lowest BCUT2D eigenvalue weighted by Crippen LogP contribution is -2.10. The van der Waals surface area contributed by atoms with Crippen LogP contribution in [-0.4, -0.2) is 42.1 Å². The number of ether oxygens (including phenoxy) is 2. The molecular formula is C23H17Cl2N5O4S. The molecule has 0 unspecified atom stereocenters. The topological polar surface area (TPSA) is 127 Å². The first-order chi connectivity index (χ1) is 16.8. The molecule has 0 fully saturated rings. The van der Waals surface area contributed by atoms with Crippen molar-refractivity contribution in [1.82, 2.24) is 15.0 Å². The zero-order chi connectivity index (χ0) is 25.0. The Bertz CT molecular complexity index is 1540. The molecule has 178 valence electrons. The van der Waals surface area contributed by atoms with Crippen molar-refractivity contribution in [3.8, 4) is 34.6 Å². The lowest BCUT2D eigenvalue weighted by Gasteiger charge is -2.12. The van der Waals surface area contributed by atoms with Crippen LogP contribution in [-0.2, 0) is 10.0 Å². The number of nitrogens with zero attached hydrogens (tertiary/aromatic N) is 4. The average Bonchev–Trinajstić information content (AvgIpc) is 2.82. The Morgan fingerprint density at radius 2 is 1.86 bits per heavy atom. The Balaban J connectivity index is 1.53. The third kappa shape index (κ3) is 6.08. The van der Waals surface area contributed by atoms with Crippen molar-refractivity contribution in [3.05, 3.63) is 65.3 Å². The Morgan fingerprint density at radius 3 is 2.54 bits per heavy atom. The first kappa shape index (κ1) is 24.5. The lowest BCUT2D eigenvalue weighted by molar-refractivity contribution is 0.341. The van der Waals surface area contributed by atoms with Crippen LogP contribution in [0.25, 0.3) is 22.4 Å². The highest BCUT2D eigenvalue weighted by molar-refractivity contribution is 7.92. The molecule has 4 rings (SSSR count). The van der Waals surface area contributed by atoms with Crippen LogP contribution in [0.4, 0.5) is 5.82 Å². The van der Waals surface area contributed by atoms with E-state index < -0.39 is 10.0 Å². The smallest absolute Gasteiger partial charge is 0.230 e. The summed E-state index contributed by atoms with van der Waals surface area (Å²) in [6.07, 6.45) is 2.60. The first-order valence-corrected chi connectivity index (χ1v) is 12.9. The number of hydrogen-bond acceptors (Lipinski definition) is 8. The molecule has 2 heterocycles. The van der Waals surface area contributed by atoms with Crippen LogP contribution in [0, 0.1) is 11.3 Å². The van der Waals surface area contributed by atoms with E-state index in [1.807, 2.05) is 18.2 Å². The number of nitriles is 1. The third-order valence-corrected chi connectivity index (χ3v) is 5.56. The number of hydrogen-bond donors (Lipinski definition) is 1. The number of anilines is 1. The molecule has 0 radical (unpaired) electrons. The number of benzene rings is 2. The molecule has 0 aliphatic heterocycles. The van der Waals surface area contributed by atoms with Gasteiger partial charge in [-0.05, 0) is 36.4 Å². The summed E-state index contributed by atoms with van der Waals surface area (Å²) < 4.78 is 36.4. The van der Waals surface area contributed by atoms with Gasteiger partial charge in [-0.25, -0.2) is 23.4 Å². The van der Waals surface area contributed by atoms with E-state index in [0.717, 1.165) is 11.8 Å². The summed E-state index contributed by atoms with van der Waals surface area (Å²) in [7, 11) is -3.44. The number of alkyl halides is 1. The van der Waals surface area contributed by atoms with E-state index in [-0.39, 0.29) is 34.6 Å². The second kappa shape index (κ2) is 10.3. The zero-order valence-corrected chi connectivity index (χ0v) is 20.5. The van der Waals surface area contributed by atoms with Crippen LogP contribution in [0.3, 0.4) is 0 Å². The highest BCUT2D eigenvalue weighted by Gasteiger charge is 2.13. The molecule has 9 nitrogen and oxygen atoms in total. The first-order valence-electron chi connectivity index (χ1n) is 10.1. The van der Waals surface area contributed by atoms with Gasteiger partial charge in [0, 0.05) is 17.7 Å². The van der Waals surface area contributed by atoms with Crippen LogP contribution in [0.1, 0.15) is 5.56 Å². The number of fused-ring (bicyclic) bond motifs is 1. The predicted molar refractivity (Wildman–Crippen MR) is 134 cm³/mol. The van der Waals surface area contributed by atoms with Gasteiger partial charge in [-0.3, -0.25) is 4.72 Å². The molecule has 35 heavy (non-hydrogen) atoms. The van der Waals surface area contributed by atoms with E-state index in [9.17, 15) is 13.7 Å². The fourth-order valence-electron chi connectivity index (χ4n) is 3.12. The van der Waals surface area contributed by atoms with Crippen molar-refractivity contribution in [1.29, 1.82) is 5.26 Å². The normalized spacial score (nSPS) is 11.1. The van der Waals surface area contributed by atoms with Crippen LogP contribution in [0.15, 0.2) is 54.7 Å². The molecule has 0 saturated heterocycles. The van der Waals surface area contributed by atoms with Gasteiger partial charge in [0.05, 0.1) is 34.6 Å². The zero-order valence-electron chi connectivity index (χ0n) is 18.2. The van der Waals surface area contributed by atoms with Crippen LogP contribution < -0.4 is 14.2 Å². The van der Waals surface area contributed by atoms with Gasteiger partial charge in [-0.1, -0.05) is 11.6 Å². The fourth-order valence-corrected chi connectivity index (χ4v) is 3.95. The van der Waals surface area contributed by atoms with E-state index in [2.05, 4.69) is 19.7 Å². The summed E-state index contributed by atoms with van der Waals surface area (Å²) in [5, 5.41) is 9.66. The minimum Gasteiger partial charge on any atom is -0.489 e. The van der Waals surface area contributed by atoms with Crippen LogP contribution in [0.2, 0.25) is 5.02 Å². The predicted octanol–water partition coefficient (Wildman–Crippen LogP) is 5.00. The largest absolute Gasteiger partial charge is 0.489 e. The molecule has 1 N–H and O–H groups in total. The van der Waals surface area contributed by atoms with E-state index in [4.69, 9.17) is 32.7 Å². The standard InChI is InChI=1S/C23H17Cl2N5O4S/c1-35(31,32)30-21-7-6-19-23(29-21)27-13-20(28-19)14-2-4-16(5-3-14)34-17-10-15(12-26)22(18(25)11-17)33-9-8-24/h2-7,10-11,13H,8-9H2,1H3,(H,27,29,30). The van der Waals surface area contributed by atoms with Gasteiger partial charge in [-0.2, -0.15) is 5.26 Å². The maximum Gasteiger partial charge on any atom is 0.230 e. The summed E-state index contributed by atoms with van der Waals surface area (Å²) in [4.78, 5) is 13.0. The molecule has 2 aromatic carbocycles. The van der Waals surface area contributed by atoms with Gasteiger partial charge in [0.15, 0.2) is 11.4 Å². The summed E-state index contributed by atoms with van der Waals surface area (Å²) in [6, 6.07) is 15.4. The summed E-state index contributed by atoms with van der Waals surface area (Å²) >= 11 is 11.9. The highest BCUT2D eigenvalue weighted by Crippen LogP contribution is 2.35. The second-order valence-electron chi connectivity index (χ2n) is 7.23. The Morgan fingerprint density at radius 1 is 1.09 bits per heavy atom. The fraction of sp³-hybridized carbons (Fsp3) is 0.130. The van der Waals surface area contributed by atoms with E-state index in [1.165, 1.54) is 12.1 Å². The number of rotatable bonds is 8.